The number of aromatic nitrogens is 3. The topological polar surface area (TPSA) is 71.0 Å². The Morgan fingerprint density at radius 2 is 2.07 bits per heavy atom. The number of rotatable bonds is 3. The second-order valence-corrected chi connectivity index (χ2v) is 8.21. The average Bonchev–Trinajstić information content (AvgIpc) is 3.33. The van der Waals surface area contributed by atoms with Crippen LogP contribution in [0.15, 0.2) is 48.8 Å². The van der Waals surface area contributed by atoms with E-state index in [4.69, 9.17) is 0 Å². The molecular weight excluding hydrogens is 370 g/mol. The molecular formula is C21H19N5OS. The van der Waals surface area contributed by atoms with Crippen molar-refractivity contribution in [2.75, 3.05) is 16.8 Å². The number of nitrogens with one attached hydrogen (secondary N) is 1. The van der Waals surface area contributed by atoms with Crippen molar-refractivity contribution in [1.82, 2.24) is 15.0 Å². The number of fused-ring (bicyclic) bond motifs is 2. The Balaban J connectivity index is 1.43. The monoisotopic (exact) mass is 389 g/mol. The van der Waals surface area contributed by atoms with Gasteiger partial charge in [0.05, 0.1) is 20.7 Å². The molecule has 0 saturated carbocycles. The lowest BCUT2D eigenvalue weighted by Gasteiger charge is -2.25. The summed E-state index contributed by atoms with van der Waals surface area (Å²) >= 11 is 1.63. The van der Waals surface area contributed by atoms with Crippen LogP contribution in [-0.2, 0) is 4.79 Å². The van der Waals surface area contributed by atoms with E-state index in [2.05, 4.69) is 25.2 Å². The smallest absolute Gasteiger partial charge is 0.247 e. The number of anilines is 2. The molecule has 5 rings (SSSR count). The number of carbonyl (C=O) groups excluding carboxylic acids is 1. The summed E-state index contributed by atoms with van der Waals surface area (Å²) in [5.41, 5.74) is 2.67. The second-order valence-electron chi connectivity index (χ2n) is 6.97. The van der Waals surface area contributed by atoms with Crippen molar-refractivity contribution in [3.8, 4) is 0 Å². The zero-order valence-corrected chi connectivity index (χ0v) is 16.2. The van der Waals surface area contributed by atoms with Crippen molar-refractivity contribution in [2.24, 2.45) is 0 Å². The van der Waals surface area contributed by atoms with E-state index >= 15 is 0 Å². The predicted molar refractivity (Wildman–Crippen MR) is 113 cm³/mol. The maximum absolute atomic E-state index is 13.1. The Kier molecular flexibility index (Phi) is 4.16. The van der Waals surface area contributed by atoms with Gasteiger partial charge in [-0.3, -0.25) is 4.79 Å². The fourth-order valence-electron chi connectivity index (χ4n) is 3.86. The van der Waals surface area contributed by atoms with Crippen molar-refractivity contribution < 1.29 is 4.79 Å². The SMILES string of the molecule is Cc1nc2ccc(NC(=O)[C@H]3CCCN3c3ncnc4ccccc34)cc2s1. The van der Waals surface area contributed by atoms with Crippen LogP contribution in [0.5, 0.6) is 0 Å². The summed E-state index contributed by atoms with van der Waals surface area (Å²) in [5.74, 6) is 0.831. The Morgan fingerprint density at radius 1 is 1.18 bits per heavy atom. The molecule has 1 N–H and O–H groups in total. The van der Waals surface area contributed by atoms with E-state index in [1.165, 1.54) is 0 Å². The zero-order valence-electron chi connectivity index (χ0n) is 15.4. The minimum Gasteiger partial charge on any atom is -0.344 e. The first-order valence-electron chi connectivity index (χ1n) is 9.33. The fourth-order valence-corrected chi connectivity index (χ4v) is 4.72. The summed E-state index contributed by atoms with van der Waals surface area (Å²) in [7, 11) is 0. The van der Waals surface area contributed by atoms with Gasteiger partial charge in [-0.2, -0.15) is 0 Å². The quantitative estimate of drug-likeness (QED) is 0.570. The van der Waals surface area contributed by atoms with Crippen LogP contribution in [-0.4, -0.2) is 33.4 Å². The van der Waals surface area contributed by atoms with E-state index in [0.29, 0.717) is 0 Å². The summed E-state index contributed by atoms with van der Waals surface area (Å²) in [5, 5.41) is 5.09. The van der Waals surface area contributed by atoms with Crippen LogP contribution in [0, 0.1) is 6.92 Å². The Bertz CT molecular complexity index is 1180. The van der Waals surface area contributed by atoms with Crippen LogP contribution in [0.1, 0.15) is 17.8 Å². The molecule has 1 atom stereocenters. The van der Waals surface area contributed by atoms with E-state index in [0.717, 1.165) is 57.0 Å². The van der Waals surface area contributed by atoms with Crippen LogP contribution in [0.3, 0.4) is 0 Å². The van der Waals surface area contributed by atoms with Gasteiger partial charge in [-0.05, 0) is 50.1 Å². The number of amides is 1. The van der Waals surface area contributed by atoms with Gasteiger partial charge >= 0.3 is 0 Å². The van der Waals surface area contributed by atoms with Gasteiger partial charge in [0, 0.05) is 17.6 Å². The van der Waals surface area contributed by atoms with Gasteiger partial charge in [0.15, 0.2) is 0 Å². The number of para-hydroxylation sites is 1. The number of hydrogen-bond acceptors (Lipinski definition) is 6. The maximum Gasteiger partial charge on any atom is 0.247 e. The normalized spacial score (nSPS) is 16.8. The molecule has 28 heavy (non-hydrogen) atoms. The third-order valence-electron chi connectivity index (χ3n) is 5.11. The molecule has 0 aliphatic carbocycles. The van der Waals surface area contributed by atoms with Gasteiger partial charge in [-0.25, -0.2) is 15.0 Å². The first-order chi connectivity index (χ1) is 13.7. The molecule has 1 aliphatic rings. The zero-order chi connectivity index (χ0) is 19.1. The summed E-state index contributed by atoms with van der Waals surface area (Å²) in [6, 6.07) is 13.6. The van der Waals surface area contributed by atoms with E-state index in [-0.39, 0.29) is 11.9 Å². The summed E-state index contributed by atoms with van der Waals surface area (Å²) in [6.07, 6.45) is 3.35. The maximum atomic E-state index is 13.1. The standard InChI is InChI=1S/C21H19N5OS/c1-13-24-17-9-8-14(11-19(17)28-13)25-21(27)18-7-4-10-26(18)20-15-5-2-3-6-16(15)22-12-23-20/h2-3,5-6,8-9,11-12,18H,4,7,10H2,1H3,(H,25,27)/t18-/m1/s1. The minimum absolute atomic E-state index is 0.000723. The van der Waals surface area contributed by atoms with Gasteiger partial charge in [0.1, 0.15) is 18.2 Å². The highest BCUT2D eigenvalue weighted by Crippen LogP contribution is 2.30. The lowest BCUT2D eigenvalue weighted by molar-refractivity contribution is -0.117. The summed E-state index contributed by atoms with van der Waals surface area (Å²) in [6.45, 7) is 2.80. The Labute approximate surface area is 166 Å². The highest BCUT2D eigenvalue weighted by Gasteiger charge is 2.32. The van der Waals surface area contributed by atoms with Gasteiger partial charge in [-0.15, -0.1) is 11.3 Å². The summed E-state index contributed by atoms with van der Waals surface area (Å²) in [4.78, 5) is 28.5. The highest BCUT2D eigenvalue weighted by atomic mass is 32.1. The Morgan fingerprint density at radius 3 is 3.00 bits per heavy atom. The number of thiazole rings is 1. The lowest BCUT2D eigenvalue weighted by atomic mass is 10.1. The van der Waals surface area contributed by atoms with Crippen LogP contribution < -0.4 is 10.2 Å². The second kappa shape index (κ2) is 6.83. The number of aryl methyl sites for hydroxylation is 1. The molecule has 2 aromatic heterocycles. The summed E-state index contributed by atoms with van der Waals surface area (Å²) < 4.78 is 1.08. The molecule has 1 aliphatic heterocycles. The number of carbonyl (C=O) groups is 1. The van der Waals surface area contributed by atoms with Gasteiger partial charge in [0.25, 0.3) is 0 Å². The van der Waals surface area contributed by atoms with E-state index in [1.807, 2.05) is 49.4 Å². The van der Waals surface area contributed by atoms with E-state index in [9.17, 15) is 4.79 Å². The van der Waals surface area contributed by atoms with Gasteiger partial charge in [-0.1, -0.05) is 12.1 Å². The van der Waals surface area contributed by atoms with Crippen molar-refractivity contribution in [2.45, 2.75) is 25.8 Å². The predicted octanol–water partition coefficient (Wildman–Crippen LogP) is 4.16. The minimum atomic E-state index is -0.239. The number of benzene rings is 2. The van der Waals surface area contributed by atoms with E-state index < -0.39 is 0 Å². The molecule has 0 spiro atoms. The number of nitrogens with zero attached hydrogens (tertiary/aromatic N) is 4. The highest BCUT2D eigenvalue weighted by molar-refractivity contribution is 7.18. The van der Waals surface area contributed by atoms with Gasteiger partial charge < -0.3 is 10.2 Å². The largest absolute Gasteiger partial charge is 0.344 e. The van der Waals surface area contributed by atoms with Crippen LogP contribution in [0.2, 0.25) is 0 Å². The molecule has 3 heterocycles. The molecule has 1 amide bonds. The lowest BCUT2D eigenvalue weighted by Crippen LogP contribution is -2.40. The third kappa shape index (κ3) is 2.97. The molecule has 0 bridgehead atoms. The van der Waals surface area contributed by atoms with E-state index in [1.54, 1.807) is 17.7 Å². The number of hydrogen-bond donors (Lipinski definition) is 1. The van der Waals surface area contributed by atoms with Gasteiger partial charge in [0.2, 0.25) is 5.91 Å². The van der Waals surface area contributed by atoms with Crippen molar-refractivity contribution in [1.29, 1.82) is 0 Å². The molecule has 140 valence electrons. The molecule has 1 saturated heterocycles. The van der Waals surface area contributed by atoms with Crippen molar-refractivity contribution >= 4 is 49.9 Å². The first kappa shape index (κ1) is 17.1. The van der Waals surface area contributed by atoms with Crippen LogP contribution >= 0.6 is 11.3 Å². The van der Waals surface area contributed by atoms with Crippen LogP contribution in [0.25, 0.3) is 21.1 Å². The molecule has 0 unspecified atom stereocenters. The van der Waals surface area contributed by atoms with Crippen LogP contribution in [0.4, 0.5) is 11.5 Å². The molecule has 2 aromatic carbocycles. The molecule has 6 nitrogen and oxygen atoms in total. The molecule has 0 radical (unpaired) electrons. The fraction of sp³-hybridized carbons (Fsp3) is 0.238. The Hall–Kier alpha value is -3.06. The molecule has 7 heteroatoms. The third-order valence-corrected chi connectivity index (χ3v) is 6.05. The average molecular weight is 389 g/mol. The first-order valence-corrected chi connectivity index (χ1v) is 10.2. The van der Waals surface area contributed by atoms with Crippen molar-refractivity contribution in [3.63, 3.8) is 0 Å². The molecule has 1 fully saturated rings. The van der Waals surface area contributed by atoms with Crippen molar-refractivity contribution in [3.05, 3.63) is 53.8 Å². The molecule has 4 aromatic rings.